The summed E-state index contributed by atoms with van der Waals surface area (Å²) in [6, 6.07) is 42.0. The van der Waals surface area contributed by atoms with Crippen molar-refractivity contribution in [2.24, 2.45) is 5.92 Å². The first-order valence-electron chi connectivity index (χ1n) is 36.9. The number of amides is 2. The van der Waals surface area contributed by atoms with Crippen molar-refractivity contribution < 1.29 is 94.4 Å². The van der Waals surface area contributed by atoms with Gasteiger partial charge in [0.15, 0.2) is 54.5 Å². The first-order chi connectivity index (χ1) is 54.4. The lowest BCUT2D eigenvalue weighted by molar-refractivity contribution is -0.148. The number of benzene rings is 8. The van der Waals surface area contributed by atoms with Gasteiger partial charge in [-0.3, -0.25) is 43.4 Å². The van der Waals surface area contributed by atoms with Crippen LogP contribution in [0, 0.1) is 5.92 Å². The van der Waals surface area contributed by atoms with E-state index in [1.54, 1.807) is 114 Å². The standard InChI is InChI=1S/C33H37NO9.C24H24BrNO6.C16H10Br2O3.C14H8Br2O2/c1-33(2,3)43-32(39)34-14-6-9-26(34)31(38)42-19-28(36)22-11-13-25-24-12-10-21(15-23(24)17-40-29(25)16-22)27(35)18-41-30(37)20-7-4-5-8-20;1-24(2,3)32-23(29)26-10-4-5-18(26)22(28)30-13-19(27)14-6-8-16-17-9-7-15(25)12-21(17)31-20(16)11-14;17-7-13(19)9-1-3-11-12-4-2-10(14(20)8-18)6-16(12)21-15(11)5-9;15-7-12(17)8-1-3-10-11-4-2-9(16)6-14(11)18-13(10)5-8/h10-13,15-16,20,26H,4-9,14,17-19H2,1-3H3;6-9,11-12,18H,4-5,10,13H2,1-3H3;1-6H,7-8H2;1-6H,7H2/t26-;18-;;/m00../s1. The lowest BCUT2D eigenvalue weighted by atomic mass is 9.93. The van der Waals surface area contributed by atoms with Crippen LogP contribution in [0.15, 0.2) is 168 Å². The van der Waals surface area contributed by atoms with Crippen molar-refractivity contribution in [1.82, 2.24) is 9.80 Å². The molecule has 1 saturated carbocycles. The van der Waals surface area contributed by atoms with E-state index in [4.69, 9.17) is 41.7 Å². The third-order valence-corrected chi connectivity index (χ3v) is 21.9. The molecule has 4 aliphatic rings. The van der Waals surface area contributed by atoms with Gasteiger partial charge in [-0.25, -0.2) is 19.2 Å². The number of halogens is 5. The molecule has 3 fully saturated rings. The number of ether oxygens (including phenoxy) is 6. The molecule has 2 amide bonds. The van der Waals surface area contributed by atoms with Crippen molar-refractivity contribution >= 4 is 210 Å². The number of alkyl halides is 3. The second-order valence-electron chi connectivity index (χ2n) is 29.7. The fourth-order valence-electron chi connectivity index (χ4n) is 13.8. The number of rotatable bonds is 18. The van der Waals surface area contributed by atoms with Crippen LogP contribution >= 0.6 is 79.6 Å². The average Bonchev–Trinajstić information content (AvgIpc) is 1.76. The molecule has 2 atom stereocenters. The van der Waals surface area contributed by atoms with E-state index in [1.165, 1.54) is 9.80 Å². The molecule has 3 aromatic heterocycles. The van der Waals surface area contributed by atoms with E-state index >= 15 is 0 Å². The fourth-order valence-corrected chi connectivity index (χ4v) is 15.4. The minimum Gasteiger partial charge on any atom is -0.488 e. The van der Waals surface area contributed by atoms with Crippen molar-refractivity contribution in [3.8, 4) is 16.9 Å². The second kappa shape index (κ2) is 36.4. The molecule has 6 heterocycles. The van der Waals surface area contributed by atoms with Crippen molar-refractivity contribution in [3.05, 3.63) is 193 Å². The summed E-state index contributed by atoms with van der Waals surface area (Å²) < 4.78 is 51.8. The number of furan rings is 3. The summed E-state index contributed by atoms with van der Waals surface area (Å²) in [4.78, 5) is 138. The lowest BCUT2D eigenvalue weighted by Gasteiger charge is -2.27. The molecule has 27 heteroatoms. The molecule has 0 N–H and O–H groups in total. The molecule has 22 nitrogen and oxygen atoms in total. The number of hydrogen-bond donors (Lipinski definition) is 0. The number of esters is 3. The van der Waals surface area contributed by atoms with Gasteiger partial charge in [0, 0.05) is 93.3 Å². The van der Waals surface area contributed by atoms with Crippen LogP contribution in [0.3, 0.4) is 0 Å². The van der Waals surface area contributed by atoms with Crippen LogP contribution in [0.2, 0.25) is 0 Å². The summed E-state index contributed by atoms with van der Waals surface area (Å²) >= 11 is 16.3. The number of nitrogens with zero attached hydrogens (tertiary/aromatic N) is 2. The van der Waals surface area contributed by atoms with Crippen LogP contribution in [0.5, 0.6) is 5.75 Å². The fraction of sp³-hybridized carbons (Fsp3) is 0.322. The van der Waals surface area contributed by atoms with E-state index in [-0.39, 0.29) is 64.7 Å². The molecule has 8 aromatic carbocycles. The molecular weight excluding hydrogens is 1790 g/mol. The van der Waals surface area contributed by atoms with Crippen LogP contribution in [-0.2, 0) is 44.7 Å². The van der Waals surface area contributed by atoms with Crippen LogP contribution in [0.25, 0.3) is 76.9 Å². The van der Waals surface area contributed by atoms with Crippen molar-refractivity contribution in [1.29, 1.82) is 0 Å². The predicted molar refractivity (Wildman–Crippen MR) is 447 cm³/mol. The van der Waals surface area contributed by atoms with Crippen molar-refractivity contribution in [2.75, 3.05) is 48.9 Å². The van der Waals surface area contributed by atoms with Crippen LogP contribution < -0.4 is 4.74 Å². The molecule has 0 bridgehead atoms. The van der Waals surface area contributed by atoms with Crippen LogP contribution in [0.1, 0.15) is 161 Å². The van der Waals surface area contributed by atoms with Gasteiger partial charge >= 0.3 is 30.1 Å². The molecule has 592 valence electrons. The maximum atomic E-state index is 12.9. The van der Waals surface area contributed by atoms with E-state index in [0.717, 1.165) is 94.8 Å². The minimum absolute atomic E-state index is 0.00696. The molecule has 0 unspecified atom stereocenters. The quantitative estimate of drug-likeness (QED) is 0.0334. The van der Waals surface area contributed by atoms with E-state index < -0.39 is 66.4 Å². The number of carbonyl (C=O) groups is 11. The Morgan fingerprint density at radius 2 is 0.702 bits per heavy atom. The zero-order valence-corrected chi connectivity index (χ0v) is 71.0. The monoisotopic (exact) mass is 1870 g/mol. The number of ketones is 6. The van der Waals surface area contributed by atoms with E-state index in [9.17, 15) is 52.7 Å². The summed E-state index contributed by atoms with van der Waals surface area (Å²) in [6.45, 7) is 10.4. The number of carbonyl (C=O) groups excluding carboxylic acids is 11. The Labute approximate surface area is 697 Å². The van der Waals surface area contributed by atoms with Gasteiger partial charge in [-0.2, -0.15) is 0 Å². The Balaban J connectivity index is 0.000000149. The third-order valence-electron chi connectivity index (χ3n) is 19.4. The van der Waals surface area contributed by atoms with Crippen molar-refractivity contribution in [2.45, 2.75) is 123 Å². The second-order valence-corrected chi connectivity index (χ2v) is 33.2. The Kier molecular flexibility index (Phi) is 26.8. The van der Waals surface area contributed by atoms with Crippen molar-refractivity contribution in [3.63, 3.8) is 0 Å². The highest BCUT2D eigenvalue weighted by Crippen LogP contribution is 2.40. The Morgan fingerprint density at radius 3 is 1.08 bits per heavy atom. The van der Waals surface area contributed by atoms with Gasteiger partial charge in [-0.05, 0) is 194 Å². The SMILES string of the molecule is CC(C)(C)OC(=O)N1CCC[C@H]1C(=O)OCC(=O)c1ccc2c(c1)OCc1cc(C(=O)COC(=O)C3CCCC3)ccc1-2.CC(C)(C)OC(=O)N1CCC[C@H]1C(=O)OCC(=O)c1ccc2c(c1)oc1cc(Br)ccc12.O=C(CBr)c1ccc2c(c1)oc1cc(Br)ccc12.O=C(CBr)c1ccc2c(c1)oc1cc(C(=O)CBr)ccc12. The Hall–Kier alpha value is -9.67. The van der Waals surface area contributed by atoms with Crippen LogP contribution in [0.4, 0.5) is 9.59 Å². The molecule has 114 heavy (non-hydrogen) atoms. The van der Waals surface area contributed by atoms with Gasteiger partial charge in [0.2, 0.25) is 0 Å². The maximum absolute atomic E-state index is 12.9. The normalized spacial score (nSPS) is 15.2. The summed E-state index contributed by atoms with van der Waals surface area (Å²) in [5, 5.41) is 6.71. The molecule has 2 saturated heterocycles. The van der Waals surface area contributed by atoms with Crippen LogP contribution in [-0.4, -0.2) is 147 Å². The first kappa shape index (κ1) is 83.7. The number of hydrogen-bond acceptors (Lipinski definition) is 20. The molecule has 0 radical (unpaired) electrons. The molecule has 3 aliphatic heterocycles. The zero-order chi connectivity index (χ0) is 81.4. The Bertz CT molecular complexity index is 5550. The molecular formula is C87H79Br5N2O20. The van der Waals surface area contributed by atoms with Gasteiger partial charge in [0.05, 0.1) is 21.9 Å². The largest absolute Gasteiger partial charge is 0.488 e. The molecule has 11 aromatic rings. The van der Waals surface area contributed by atoms with Gasteiger partial charge in [0.1, 0.15) is 69.1 Å². The number of likely N-dealkylation sites (tertiary alicyclic amines) is 2. The van der Waals surface area contributed by atoms with E-state index in [2.05, 4.69) is 79.6 Å². The molecule has 15 rings (SSSR count). The van der Waals surface area contributed by atoms with Gasteiger partial charge in [-0.15, -0.1) is 0 Å². The molecule has 0 spiro atoms. The smallest absolute Gasteiger partial charge is 0.411 e. The van der Waals surface area contributed by atoms with Gasteiger partial charge in [0.25, 0.3) is 0 Å². The summed E-state index contributed by atoms with van der Waals surface area (Å²) in [5.41, 5.74) is 8.29. The number of Topliss-reactive ketones (excluding diaryl/α,β-unsaturated/α-hetero) is 6. The van der Waals surface area contributed by atoms with E-state index in [0.29, 0.717) is 106 Å². The lowest BCUT2D eigenvalue weighted by Crippen LogP contribution is -2.44. The maximum Gasteiger partial charge on any atom is 0.411 e. The first-order valence-corrected chi connectivity index (χ1v) is 41.9. The van der Waals surface area contributed by atoms with Gasteiger partial charge in [-0.1, -0.05) is 135 Å². The highest BCUT2D eigenvalue weighted by molar-refractivity contribution is 9.11. The zero-order valence-electron chi connectivity index (χ0n) is 63.1. The Morgan fingerprint density at radius 1 is 0.377 bits per heavy atom. The summed E-state index contributed by atoms with van der Waals surface area (Å²) in [7, 11) is 0. The highest BCUT2D eigenvalue weighted by Gasteiger charge is 2.40. The summed E-state index contributed by atoms with van der Waals surface area (Å²) in [6.07, 6.45) is 4.76. The topological polar surface area (TPSA) is 289 Å². The third kappa shape index (κ3) is 20.0. The van der Waals surface area contributed by atoms with Gasteiger partial charge < -0.3 is 41.7 Å². The number of fused-ring (bicyclic) bond motifs is 12. The summed E-state index contributed by atoms with van der Waals surface area (Å²) in [5.74, 6) is -2.10. The molecule has 1 aliphatic carbocycles. The predicted octanol–water partition coefficient (Wildman–Crippen LogP) is 20.4. The average molecular weight is 1870 g/mol. The minimum atomic E-state index is -0.790. The highest BCUT2D eigenvalue weighted by atomic mass is 79.9. The van der Waals surface area contributed by atoms with E-state index in [1.807, 2.05) is 72.8 Å².